The van der Waals surface area contributed by atoms with Crippen molar-refractivity contribution in [1.82, 2.24) is 9.99 Å². The molecule has 1 aliphatic heterocycles. The van der Waals surface area contributed by atoms with Crippen LogP contribution in [0.25, 0.3) is 10.9 Å². The molecular weight excluding hydrogens is 282 g/mol. The molecule has 7 heteroatoms. The van der Waals surface area contributed by atoms with Gasteiger partial charge in [-0.1, -0.05) is 12.1 Å². The van der Waals surface area contributed by atoms with Crippen LogP contribution < -0.4 is 11.3 Å². The maximum Gasteiger partial charge on any atom is 0.240 e. The quantitative estimate of drug-likeness (QED) is 0.451. The summed E-state index contributed by atoms with van der Waals surface area (Å²) in [5, 5.41) is 18.8. The first kappa shape index (κ1) is 14.1. The van der Waals surface area contributed by atoms with E-state index in [0.29, 0.717) is 24.9 Å². The van der Waals surface area contributed by atoms with E-state index in [9.17, 15) is 9.90 Å². The lowest BCUT2D eigenvalue weighted by atomic mass is 10.0. The number of carbonyl (C=O) groups excluding carboxylic acids is 1. The number of hydrazone groups is 2. The molecule has 0 saturated heterocycles. The SMILES string of the molecule is CCn1c(O)c(/C=N/N)c2ccc(C3=NNC(=O)CC3)cc21. The van der Waals surface area contributed by atoms with Gasteiger partial charge in [0.2, 0.25) is 11.8 Å². The summed E-state index contributed by atoms with van der Waals surface area (Å²) in [5.74, 6) is 5.29. The zero-order valence-electron chi connectivity index (χ0n) is 12.2. The van der Waals surface area contributed by atoms with Crippen molar-refractivity contribution in [1.29, 1.82) is 0 Å². The minimum absolute atomic E-state index is 0.0687. The van der Waals surface area contributed by atoms with Crippen LogP contribution in [0.15, 0.2) is 28.4 Å². The molecule has 0 spiro atoms. The third kappa shape index (κ3) is 2.20. The number of hydrogen-bond donors (Lipinski definition) is 3. The van der Waals surface area contributed by atoms with Gasteiger partial charge in [0.1, 0.15) is 0 Å². The van der Waals surface area contributed by atoms with Crippen molar-refractivity contribution >= 4 is 28.7 Å². The van der Waals surface area contributed by atoms with Gasteiger partial charge in [-0.05, 0) is 18.6 Å². The molecule has 1 aromatic heterocycles. The predicted molar refractivity (Wildman–Crippen MR) is 85.0 cm³/mol. The highest BCUT2D eigenvalue weighted by atomic mass is 16.3. The smallest absolute Gasteiger partial charge is 0.240 e. The first-order valence-electron chi connectivity index (χ1n) is 7.10. The van der Waals surface area contributed by atoms with Crippen LogP contribution in [0.4, 0.5) is 0 Å². The number of carbonyl (C=O) groups is 1. The summed E-state index contributed by atoms with van der Waals surface area (Å²) >= 11 is 0. The van der Waals surface area contributed by atoms with Crippen LogP contribution in [0.2, 0.25) is 0 Å². The molecule has 0 saturated carbocycles. The molecule has 7 nitrogen and oxygen atoms in total. The molecule has 1 aromatic carbocycles. The van der Waals surface area contributed by atoms with E-state index in [1.807, 2.05) is 25.1 Å². The largest absolute Gasteiger partial charge is 0.494 e. The summed E-state index contributed by atoms with van der Waals surface area (Å²) in [5.41, 5.74) is 5.74. The second-order valence-electron chi connectivity index (χ2n) is 5.09. The van der Waals surface area contributed by atoms with Crippen LogP contribution in [-0.4, -0.2) is 27.5 Å². The fourth-order valence-corrected chi connectivity index (χ4v) is 2.75. The number of nitrogens with two attached hydrogens (primary N) is 1. The summed E-state index contributed by atoms with van der Waals surface area (Å²) in [6.07, 6.45) is 2.48. The maximum atomic E-state index is 11.2. The molecule has 3 rings (SSSR count). The Morgan fingerprint density at radius 2 is 2.32 bits per heavy atom. The molecule has 0 unspecified atom stereocenters. The highest BCUT2D eigenvalue weighted by Gasteiger charge is 2.18. The number of hydrogen-bond acceptors (Lipinski definition) is 5. The van der Waals surface area contributed by atoms with Crippen molar-refractivity contribution in [3.8, 4) is 5.88 Å². The lowest BCUT2D eigenvalue weighted by Crippen LogP contribution is -2.25. The highest BCUT2D eigenvalue weighted by molar-refractivity contribution is 6.08. The minimum Gasteiger partial charge on any atom is -0.494 e. The van der Waals surface area contributed by atoms with Crippen molar-refractivity contribution in [2.75, 3.05) is 0 Å². The summed E-state index contributed by atoms with van der Waals surface area (Å²) in [6, 6.07) is 5.79. The third-order valence-corrected chi connectivity index (χ3v) is 3.83. The number of fused-ring (bicyclic) bond motifs is 1. The summed E-state index contributed by atoms with van der Waals surface area (Å²) in [6.45, 7) is 2.57. The summed E-state index contributed by atoms with van der Waals surface area (Å²) < 4.78 is 1.79. The first-order valence-corrected chi connectivity index (χ1v) is 7.10. The van der Waals surface area contributed by atoms with Gasteiger partial charge in [0.25, 0.3) is 0 Å². The third-order valence-electron chi connectivity index (χ3n) is 3.83. The van der Waals surface area contributed by atoms with Crippen LogP contribution in [-0.2, 0) is 11.3 Å². The van der Waals surface area contributed by atoms with Gasteiger partial charge >= 0.3 is 0 Å². The zero-order chi connectivity index (χ0) is 15.7. The molecule has 0 radical (unpaired) electrons. The van der Waals surface area contributed by atoms with Gasteiger partial charge in [-0.15, -0.1) is 0 Å². The predicted octanol–water partition coefficient (Wildman–Crippen LogP) is 1.27. The van der Waals surface area contributed by atoms with E-state index >= 15 is 0 Å². The number of aryl methyl sites for hydroxylation is 1. The summed E-state index contributed by atoms with van der Waals surface area (Å²) in [4.78, 5) is 11.2. The molecular formula is C15H17N5O2. The van der Waals surface area contributed by atoms with Gasteiger partial charge in [0.15, 0.2) is 0 Å². The molecule has 114 valence electrons. The zero-order valence-corrected chi connectivity index (χ0v) is 12.2. The molecule has 0 fully saturated rings. The second-order valence-corrected chi connectivity index (χ2v) is 5.09. The van der Waals surface area contributed by atoms with Gasteiger partial charge < -0.3 is 15.5 Å². The Hall–Kier alpha value is -2.83. The molecule has 2 aromatic rings. The van der Waals surface area contributed by atoms with E-state index in [-0.39, 0.29) is 11.8 Å². The van der Waals surface area contributed by atoms with Crippen LogP contribution in [0.5, 0.6) is 5.88 Å². The standard InChI is InChI=1S/C15H17N5O2/c1-2-20-13-7-9(12-5-6-14(21)19-18-12)3-4-10(13)11(8-17-16)15(20)22/h3-4,7-8,22H,2,5-6,16H2,1H3,(H,19,21)/b17-8+. The Labute approximate surface area is 127 Å². The highest BCUT2D eigenvalue weighted by Crippen LogP contribution is 2.31. The molecule has 0 atom stereocenters. The van der Waals surface area contributed by atoms with E-state index in [4.69, 9.17) is 5.84 Å². The lowest BCUT2D eigenvalue weighted by Gasteiger charge is -2.12. The number of benzene rings is 1. The fraction of sp³-hybridized carbons (Fsp3) is 0.267. The van der Waals surface area contributed by atoms with Crippen LogP contribution >= 0.6 is 0 Å². The minimum atomic E-state index is -0.0687. The summed E-state index contributed by atoms with van der Waals surface area (Å²) in [7, 11) is 0. The average molecular weight is 299 g/mol. The number of amides is 1. The molecule has 0 bridgehead atoms. The molecule has 2 heterocycles. The van der Waals surface area contributed by atoms with Gasteiger partial charge in [-0.2, -0.15) is 10.2 Å². The average Bonchev–Trinajstić information content (AvgIpc) is 2.79. The van der Waals surface area contributed by atoms with Crippen molar-refractivity contribution < 1.29 is 9.90 Å². The Morgan fingerprint density at radius 3 is 2.95 bits per heavy atom. The van der Waals surface area contributed by atoms with Crippen molar-refractivity contribution in [2.45, 2.75) is 26.3 Å². The number of aromatic hydroxyl groups is 1. The van der Waals surface area contributed by atoms with Crippen LogP contribution in [0, 0.1) is 0 Å². The molecule has 1 amide bonds. The Kier molecular flexibility index (Phi) is 3.54. The maximum absolute atomic E-state index is 11.2. The second kappa shape index (κ2) is 5.51. The molecule has 1 aliphatic rings. The molecule has 4 N–H and O–H groups in total. The topological polar surface area (TPSA) is 105 Å². The van der Waals surface area contributed by atoms with Gasteiger partial charge in [0.05, 0.1) is 23.0 Å². The number of nitrogens with zero attached hydrogens (tertiary/aromatic N) is 3. The molecule has 22 heavy (non-hydrogen) atoms. The van der Waals surface area contributed by atoms with Crippen molar-refractivity contribution in [3.05, 3.63) is 29.3 Å². The van der Waals surface area contributed by atoms with E-state index in [1.54, 1.807) is 4.57 Å². The number of rotatable bonds is 3. The fourth-order valence-electron chi connectivity index (χ4n) is 2.75. The van der Waals surface area contributed by atoms with E-state index in [1.165, 1.54) is 6.21 Å². The van der Waals surface area contributed by atoms with E-state index in [0.717, 1.165) is 22.2 Å². The van der Waals surface area contributed by atoms with E-state index < -0.39 is 0 Å². The van der Waals surface area contributed by atoms with Gasteiger partial charge in [0, 0.05) is 24.8 Å². The van der Waals surface area contributed by atoms with Crippen molar-refractivity contribution in [3.63, 3.8) is 0 Å². The number of nitrogens with one attached hydrogen (secondary N) is 1. The van der Waals surface area contributed by atoms with Gasteiger partial charge in [-0.25, -0.2) is 5.43 Å². The van der Waals surface area contributed by atoms with Gasteiger partial charge in [-0.3, -0.25) is 4.79 Å². The Morgan fingerprint density at radius 1 is 1.50 bits per heavy atom. The van der Waals surface area contributed by atoms with E-state index in [2.05, 4.69) is 15.6 Å². The van der Waals surface area contributed by atoms with Crippen molar-refractivity contribution in [2.24, 2.45) is 16.0 Å². The van der Waals surface area contributed by atoms with Crippen LogP contribution in [0.1, 0.15) is 30.9 Å². The molecule has 0 aliphatic carbocycles. The normalized spacial score (nSPS) is 15.3. The lowest BCUT2D eigenvalue weighted by molar-refractivity contribution is -0.121. The monoisotopic (exact) mass is 299 g/mol. The Balaban J connectivity index is 2.16. The van der Waals surface area contributed by atoms with Crippen LogP contribution in [0.3, 0.4) is 0 Å². The number of aromatic nitrogens is 1. The Bertz CT molecular complexity index is 804. The first-order chi connectivity index (χ1) is 10.7.